The highest BCUT2D eigenvalue weighted by Gasteiger charge is 2.21. The highest BCUT2D eigenvalue weighted by atomic mass is 16.5. The Morgan fingerprint density at radius 1 is 0.920 bits per heavy atom. The van der Waals surface area contributed by atoms with Crippen LogP contribution in [0, 0.1) is 0 Å². The van der Waals surface area contributed by atoms with E-state index < -0.39 is 0 Å². The third-order valence-corrected chi connectivity index (χ3v) is 4.83. The molecule has 0 spiro atoms. The molecule has 132 valence electrons. The van der Waals surface area contributed by atoms with E-state index in [1.807, 2.05) is 12.2 Å². The number of ketones is 1. The maximum Gasteiger partial charge on any atom is 0.261 e. The molecule has 0 saturated heterocycles. The van der Waals surface area contributed by atoms with Gasteiger partial charge in [-0.3, -0.25) is 4.79 Å². The molecule has 0 atom stereocenters. The fraction of sp³-hybridized carbons (Fsp3) is 0.381. The zero-order valence-corrected chi connectivity index (χ0v) is 14.9. The minimum Gasteiger partial charge on any atom is -0.492 e. The maximum absolute atomic E-state index is 12.0. The number of carbonyl (C=O) groups excluding carboxylic acids is 1. The number of carbonyl (C=O) groups is 1. The summed E-state index contributed by atoms with van der Waals surface area (Å²) in [6.45, 7) is 0. The predicted octanol–water partition coefficient (Wildman–Crippen LogP) is 4.16. The van der Waals surface area contributed by atoms with Crippen molar-refractivity contribution in [1.29, 1.82) is 0 Å². The van der Waals surface area contributed by atoms with Crippen LogP contribution in [-0.4, -0.2) is 30.9 Å². The van der Waals surface area contributed by atoms with Gasteiger partial charge in [0, 0.05) is 18.4 Å². The number of ether oxygens (including phenoxy) is 2. The first-order valence-electron chi connectivity index (χ1n) is 8.83. The number of Topliss-reactive ketones (excluding diaryl/α,β-unsaturated/α-hetero) is 1. The molecule has 1 heterocycles. The van der Waals surface area contributed by atoms with Gasteiger partial charge < -0.3 is 14.4 Å². The van der Waals surface area contributed by atoms with Gasteiger partial charge in [-0.1, -0.05) is 31.4 Å². The lowest BCUT2D eigenvalue weighted by Crippen LogP contribution is -2.29. The molecule has 0 N–H and O–H groups in total. The molecule has 4 nitrogen and oxygen atoms in total. The Hall–Kier alpha value is -2.49. The molecule has 3 aliphatic rings. The SMILES string of the molecule is COC1=CC(=CC=C2C=CN(C3CCCCC3)C=C2)C=C(OC)C1=O. The smallest absolute Gasteiger partial charge is 0.261 e. The van der Waals surface area contributed by atoms with Gasteiger partial charge in [0.15, 0.2) is 11.5 Å². The van der Waals surface area contributed by atoms with E-state index in [4.69, 9.17) is 9.47 Å². The van der Waals surface area contributed by atoms with E-state index in [-0.39, 0.29) is 5.78 Å². The van der Waals surface area contributed by atoms with Crippen molar-refractivity contribution >= 4 is 5.78 Å². The molecule has 4 heteroatoms. The predicted molar refractivity (Wildman–Crippen MR) is 98.3 cm³/mol. The standard InChI is InChI=1S/C21H25NO3/c1-24-19-14-17(15-20(25-2)21(19)23)9-8-16-10-12-22(13-11-16)18-6-4-3-5-7-18/h8-15,18H,3-7H2,1-2H3. The lowest BCUT2D eigenvalue weighted by molar-refractivity contribution is -0.117. The van der Waals surface area contributed by atoms with Crippen molar-refractivity contribution in [2.45, 2.75) is 38.1 Å². The van der Waals surface area contributed by atoms with Crippen LogP contribution < -0.4 is 0 Å². The Balaban J connectivity index is 1.70. The Morgan fingerprint density at radius 2 is 1.48 bits per heavy atom. The fourth-order valence-corrected chi connectivity index (χ4v) is 3.37. The fourth-order valence-electron chi connectivity index (χ4n) is 3.37. The first-order valence-corrected chi connectivity index (χ1v) is 8.83. The van der Waals surface area contributed by atoms with Crippen LogP contribution in [0.5, 0.6) is 0 Å². The molecule has 25 heavy (non-hydrogen) atoms. The van der Waals surface area contributed by atoms with Crippen LogP contribution in [0.4, 0.5) is 0 Å². The average molecular weight is 339 g/mol. The van der Waals surface area contributed by atoms with Crippen LogP contribution in [0.15, 0.2) is 71.5 Å². The molecular formula is C21H25NO3. The van der Waals surface area contributed by atoms with Crippen molar-refractivity contribution in [3.63, 3.8) is 0 Å². The van der Waals surface area contributed by atoms with Crippen LogP contribution in [0.3, 0.4) is 0 Å². The van der Waals surface area contributed by atoms with Gasteiger partial charge in [0.2, 0.25) is 0 Å². The summed E-state index contributed by atoms with van der Waals surface area (Å²) in [5.74, 6) is 0.361. The normalized spacial score (nSPS) is 21.0. The summed E-state index contributed by atoms with van der Waals surface area (Å²) in [4.78, 5) is 14.3. The van der Waals surface area contributed by atoms with E-state index in [0.717, 1.165) is 11.1 Å². The summed E-state index contributed by atoms with van der Waals surface area (Å²) >= 11 is 0. The van der Waals surface area contributed by atoms with Crippen molar-refractivity contribution in [3.8, 4) is 0 Å². The quantitative estimate of drug-likeness (QED) is 0.771. The highest BCUT2D eigenvalue weighted by Crippen LogP contribution is 2.25. The van der Waals surface area contributed by atoms with Crippen LogP contribution in [-0.2, 0) is 14.3 Å². The molecule has 0 bridgehead atoms. The maximum atomic E-state index is 12.0. The van der Waals surface area contributed by atoms with Crippen molar-refractivity contribution in [2.75, 3.05) is 14.2 Å². The number of methoxy groups -OCH3 is 2. The Kier molecular flexibility index (Phi) is 5.59. The average Bonchev–Trinajstić information content (AvgIpc) is 2.68. The van der Waals surface area contributed by atoms with Crippen molar-refractivity contribution in [2.24, 2.45) is 0 Å². The highest BCUT2D eigenvalue weighted by molar-refractivity contribution is 6.07. The van der Waals surface area contributed by atoms with Gasteiger partial charge in [-0.25, -0.2) is 0 Å². The van der Waals surface area contributed by atoms with Gasteiger partial charge in [0.25, 0.3) is 5.78 Å². The minimum atomic E-state index is -0.226. The Bertz CT molecular complexity index is 659. The van der Waals surface area contributed by atoms with E-state index >= 15 is 0 Å². The number of nitrogens with zero attached hydrogens (tertiary/aromatic N) is 1. The number of hydrogen-bond donors (Lipinski definition) is 0. The van der Waals surface area contributed by atoms with Crippen LogP contribution in [0.2, 0.25) is 0 Å². The molecule has 1 saturated carbocycles. The molecule has 2 aliphatic carbocycles. The van der Waals surface area contributed by atoms with Crippen LogP contribution >= 0.6 is 0 Å². The van der Waals surface area contributed by atoms with E-state index in [0.29, 0.717) is 17.6 Å². The number of rotatable bonds is 4. The molecule has 0 radical (unpaired) electrons. The van der Waals surface area contributed by atoms with Crippen molar-refractivity contribution < 1.29 is 14.3 Å². The largest absolute Gasteiger partial charge is 0.492 e. The van der Waals surface area contributed by atoms with E-state index in [2.05, 4.69) is 29.5 Å². The second kappa shape index (κ2) is 8.06. The molecule has 0 aromatic heterocycles. The molecule has 3 rings (SSSR count). The molecule has 0 aromatic carbocycles. The third kappa shape index (κ3) is 4.13. The lowest BCUT2D eigenvalue weighted by atomic mass is 9.94. The second-order valence-electron chi connectivity index (χ2n) is 6.46. The van der Waals surface area contributed by atoms with E-state index in [1.54, 1.807) is 12.2 Å². The van der Waals surface area contributed by atoms with Gasteiger partial charge in [-0.2, -0.15) is 0 Å². The second-order valence-corrected chi connectivity index (χ2v) is 6.46. The third-order valence-electron chi connectivity index (χ3n) is 4.83. The summed E-state index contributed by atoms with van der Waals surface area (Å²) in [5, 5.41) is 0. The molecular weight excluding hydrogens is 314 g/mol. The first kappa shape index (κ1) is 17.3. The first-order chi connectivity index (χ1) is 12.2. The Labute approximate surface area is 149 Å². The zero-order chi connectivity index (χ0) is 17.6. The molecule has 0 unspecified atom stereocenters. The minimum absolute atomic E-state index is 0.226. The summed E-state index contributed by atoms with van der Waals surface area (Å²) in [7, 11) is 2.98. The van der Waals surface area contributed by atoms with Gasteiger partial charge in [0.1, 0.15) is 0 Å². The Morgan fingerprint density at radius 3 is 2.04 bits per heavy atom. The van der Waals surface area contributed by atoms with Crippen molar-refractivity contribution in [3.05, 3.63) is 71.5 Å². The lowest BCUT2D eigenvalue weighted by Gasteiger charge is -2.32. The van der Waals surface area contributed by atoms with Crippen LogP contribution in [0.25, 0.3) is 0 Å². The van der Waals surface area contributed by atoms with E-state index in [9.17, 15) is 4.79 Å². The van der Waals surface area contributed by atoms with Gasteiger partial charge in [-0.05, 0) is 48.3 Å². The molecule has 1 aliphatic heterocycles. The summed E-state index contributed by atoms with van der Waals surface area (Å²) in [6, 6.07) is 0.643. The van der Waals surface area contributed by atoms with Gasteiger partial charge in [0.05, 0.1) is 14.2 Å². The number of allylic oxidation sites excluding steroid dienone is 8. The monoisotopic (exact) mass is 339 g/mol. The van der Waals surface area contributed by atoms with Gasteiger partial charge >= 0.3 is 0 Å². The summed E-state index contributed by atoms with van der Waals surface area (Å²) < 4.78 is 10.3. The van der Waals surface area contributed by atoms with Gasteiger partial charge in [-0.15, -0.1) is 0 Å². The van der Waals surface area contributed by atoms with E-state index in [1.165, 1.54) is 46.3 Å². The number of hydrogen-bond acceptors (Lipinski definition) is 4. The zero-order valence-electron chi connectivity index (χ0n) is 14.9. The molecule has 0 amide bonds. The molecule has 1 fully saturated rings. The summed E-state index contributed by atoms with van der Waals surface area (Å²) in [6.07, 6.45) is 22.6. The topological polar surface area (TPSA) is 38.8 Å². The molecule has 0 aromatic rings. The summed E-state index contributed by atoms with van der Waals surface area (Å²) in [5.41, 5.74) is 1.99. The van der Waals surface area contributed by atoms with Crippen LogP contribution in [0.1, 0.15) is 32.1 Å². The van der Waals surface area contributed by atoms with Crippen molar-refractivity contribution in [1.82, 2.24) is 4.90 Å².